The molecule has 0 spiro atoms. The van der Waals surface area contributed by atoms with E-state index in [2.05, 4.69) is 15.0 Å². The Hall–Kier alpha value is 0.470. The third kappa shape index (κ3) is 4.62. The van der Waals surface area contributed by atoms with Gasteiger partial charge in [0, 0.05) is 0 Å². The highest BCUT2D eigenvalue weighted by Gasteiger charge is 1.59. The normalized spacial score (nSPS) is 6.00. The van der Waals surface area contributed by atoms with Gasteiger partial charge in [0.15, 0.2) is 0 Å². The quantitative estimate of drug-likeness (QED) is 0.666. The molecule has 0 fully saturated rings. The molecule has 1 rings (SSSR count). The second-order valence-electron chi connectivity index (χ2n) is 0.794. The minimum absolute atomic E-state index is 0. The molecule has 0 aliphatic heterocycles. The third-order valence-corrected chi connectivity index (χ3v) is 0.400. The van der Waals surface area contributed by atoms with Crippen LogP contribution >= 0.6 is 48.0 Å². The molecule has 1 heterocycles. The van der Waals surface area contributed by atoms with Gasteiger partial charge in [0.2, 0.25) is 0 Å². The minimum atomic E-state index is 0. The van der Waals surface area contributed by atoms with E-state index in [1.165, 1.54) is 19.0 Å². The first-order valence-electron chi connectivity index (χ1n) is 1.55. The predicted octanol–water partition coefficient (Wildman–Crippen LogP) is 1.11. The molecule has 0 aliphatic rings. The van der Waals surface area contributed by atoms with Crippen LogP contribution in [0.15, 0.2) is 19.0 Å². The summed E-state index contributed by atoms with van der Waals surface area (Å²) >= 11 is 0. The molecule has 0 unspecified atom stereocenters. The lowest BCUT2D eigenvalue weighted by molar-refractivity contribution is 1.05. The van der Waals surface area contributed by atoms with Crippen molar-refractivity contribution in [2.45, 2.75) is 0 Å². The Balaban J connectivity index is 0. The van der Waals surface area contributed by atoms with E-state index in [1.807, 2.05) is 0 Å². The lowest BCUT2D eigenvalue weighted by Crippen LogP contribution is -1.73. The van der Waals surface area contributed by atoms with Crippen molar-refractivity contribution in [1.82, 2.24) is 15.0 Å². The van der Waals surface area contributed by atoms with Crippen molar-refractivity contribution in [3.8, 4) is 0 Å². The Kier molecular flexibility index (Phi) is 10.5. The van der Waals surface area contributed by atoms with Gasteiger partial charge in [0.05, 0.1) is 0 Å². The van der Waals surface area contributed by atoms with Crippen LogP contribution in [0, 0.1) is 0 Å². The summed E-state index contributed by atoms with van der Waals surface area (Å²) in [6.45, 7) is 0. The van der Waals surface area contributed by atoms with Crippen molar-refractivity contribution >= 4 is 48.0 Å². The number of hydrogen-bond donors (Lipinski definition) is 0. The molecule has 1 aromatic rings. The zero-order valence-electron chi connectivity index (χ0n) is 3.89. The van der Waals surface area contributed by atoms with E-state index in [0.717, 1.165) is 0 Å². The lowest BCUT2D eigenvalue weighted by atomic mass is 11.1. The molecule has 0 bridgehead atoms. The first-order valence-corrected chi connectivity index (χ1v) is 1.55. The van der Waals surface area contributed by atoms with Gasteiger partial charge in [0.25, 0.3) is 0 Å². The molecular formula is C3H5I2N3. The second kappa shape index (κ2) is 7.47. The van der Waals surface area contributed by atoms with Crippen LogP contribution in [0.1, 0.15) is 0 Å². The average molecular weight is 337 g/mol. The van der Waals surface area contributed by atoms with Crippen LogP contribution in [0.2, 0.25) is 0 Å². The van der Waals surface area contributed by atoms with Gasteiger partial charge in [-0.05, 0) is 0 Å². The van der Waals surface area contributed by atoms with Crippen LogP contribution in [0.25, 0.3) is 0 Å². The second-order valence-corrected chi connectivity index (χ2v) is 0.794. The zero-order chi connectivity index (χ0) is 4.24. The largest absolute Gasteiger partial charge is 0.225 e. The maximum absolute atomic E-state index is 3.56. The molecule has 0 saturated carbocycles. The van der Waals surface area contributed by atoms with Crippen molar-refractivity contribution < 1.29 is 0 Å². The lowest BCUT2D eigenvalue weighted by Gasteiger charge is -1.69. The van der Waals surface area contributed by atoms with E-state index in [0.29, 0.717) is 0 Å². The Morgan fingerprint density at radius 1 is 0.625 bits per heavy atom. The van der Waals surface area contributed by atoms with Gasteiger partial charge < -0.3 is 0 Å². The van der Waals surface area contributed by atoms with Gasteiger partial charge >= 0.3 is 0 Å². The van der Waals surface area contributed by atoms with Crippen LogP contribution in [0.3, 0.4) is 0 Å². The summed E-state index contributed by atoms with van der Waals surface area (Å²) in [5.74, 6) is 0. The Labute approximate surface area is 81.4 Å². The standard InChI is InChI=1S/C3H3N3.2HI/c1-4-2-6-3-5-1;;/h1-3H;2*1H. The molecular weight excluding hydrogens is 332 g/mol. The van der Waals surface area contributed by atoms with E-state index in [4.69, 9.17) is 0 Å². The van der Waals surface area contributed by atoms with Gasteiger partial charge in [-0.15, -0.1) is 48.0 Å². The highest BCUT2D eigenvalue weighted by Crippen LogP contribution is 1.57. The van der Waals surface area contributed by atoms with Crippen LogP contribution < -0.4 is 0 Å². The molecule has 0 aromatic carbocycles. The molecule has 0 saturated heterocycles. The number of aromatic nitrogens is 3. The Morgan fingerprint density at radius 3 is 1.00 bits per heavy atom. The van der Waals surface area contributed by atoms with Gasteiger partial charge in [-0.3, -0.25) is 0 Å². The first-order chi connectivity index (χ1) is 3.00. The highest BCUT2D eigenvalue weighted by atomic mass is 127. The van der Waals surface area contributed by atoms with Crippen molar-refractivity contribution in [2.75, 3.05) is 0 Å². The monoisotopic (exact) mass is 337 g/mol. The summed E-state index contributed by atoms with van der Waals surface area (Å²) < 4.78 is 0. The molecule has 1 aromatic heterocycles. The summed E-state index contributed by atoms with van der Waals surface area (Å²) in [6.07, 6.45) is 4.31. The zero-order valence-corrected chi connectivity index (χ0v) is 8.55. The first kappa shape index (κ1) is 11.3. The van der Waals surface area contributed by atoms with Crippen molar-refractivity contribution in [3.05, 3.63) is 19.0 Å². The van der Waals surface area contributed by atoms with Gasteiger partial charge in [-0.2, -0.15) is 0 Å². The maximum Gasteiger partial charge on any atom is 0.119 e. The number of halogens is 2. The van der Waals surface area contributed by atoms with Crippen molar-refractivity contribution in [1.29, 1.82) is 0 Å². The van der Waals surface area contributed by atoms with E-state index < -0.39 is 0 Å². The molecule has 3 nitrogen and oxygen atoms in total. The summed E-state index contributed by atoms with van der Waals surface area (Å²) in [4.78, 5) is 10.7. The van der Waals surface area contributed by atoms with Gasteiger partial charge in [-0.25, -0.2) is 15.0 Å². The molecule has 0 radical (unpaired) electrons. The summed E-state index contributed by atoms with van der Waals surface area (Å²) in [7, 11) is 0. The van der Waals surface area contributed by atoms with E-state index in [9.17, 15) is 0 Å². The molecule has 5 heteroatoms. The molecule has 0 N–H and O–H groups in total. The number of rotatable bonds is 0. The molecule has 8 heavy (non-hydrogen) atoms. The number of nitrogens with zero attached hydrogens (tertiary/aromatic N) is 3. The van der Waals surface area contributed by atoms with Crippen LogP contribution in [-0.4, -0.2) is 15.0 Å². The molecule has 0 amide bonds. The topological polar surface area (TPSA) is 38.7 Å². The van der Waals surface area contributed by atoms with E-state index in [-0.39, 0.29) is 48.0 Å². The fourth-order valence-corrected chi connectivity index (χ4v) is 0.205. The van der Waals surface area contributed by atoms with Gasteiger partial charge in [-0.1, -0.05) is 0 Å². The fraction of sp³-hybridized carbons (Fsp3) is 0. The number of hydrogen-bond acceptors (Lipinski definition) is 3. The van der Waals surface area contributed by atoms with Gasteiger partial charge in [0.1, 0.15) is 19.0 Å². The van der Waals surface area contributed by atoms with Crippen LogP contribution in [-0.2, 0) is 0 Å². The van der Waals surface area contributed by atoms with Crippen molar-refractivity contribution in [2.24, 2.45) is 0 Å². The Bertz CT molecular complexity index is 84.5. The summed E-state index contributed by atoms with van der Waals surface area (Å²) in [5, 5.41) is 0. The van der Waals surface area contributed by atoms with Crippen molar-refractivity contribution in [3.63, 3.8) is 0 Å². The Morgan fingerprint density at radius 2 is 0.875 bits per heavy atom. The SMILES string of the molecule is I.I.c1ncncn1. The molecule has 0 aliphatic carbocycles. The third-order valence-electron chi connectivity index (χ3n) is 0.400. The molecule has 0 atom stereocenters. The summed E-state index contributed by atoms with van der Waals surface area (Å²) in [5.41, 5.74) is 0. The van der Waals surface area contributed by atoms with E-state index in [1.54, 1.807) is 0 Å². The summed E-state index contributed by atoms with van der Waals surface area (Å²) in [6, 6.07) is 0. The maximum atomic E-state index is 3.56. The predicted molar refractivity (Wildman–Crippen MR) is 50.7 cm³/mol. The molecule has 46 valence electrons. The average Bonchev–Trinajstić information content (AvgIpc) is 1.72. The smallest absolute Gasteiger partial charge is 0.119 e. The minimum Gasteiger partial charge on any atom is -0.225 e. The highest BCUT2D eigenvalue weighted by molar-refractivity contribution is 14.0. The van der Waals surface area contributed by atoms with E-state index >= 15 is 0 Å². The van der Waals surface area contributed by atoms with Crippen LogP contribution in [0.5, 0.6) is 0 Å². The van der Waals surface area contributed by atoms with Crippen LogP contribution in [0.4, 0.5) is 0 Å². The fourth-order valence-electron chi connectivity index (χ4n) is 0.205.